The SMILES string of the molecule is CC(C)N(C)CCCCN1CC2CCCN2CC1C. The second-order valence-corrected chi connectivity index (χ2v) is 6.92. The van der Waals surface area contributed by atoms with Crippen LogP contribution < -0.4 is 0 Å². The van der Waals surface area contributed by atoms with Crippen LogP contribution in [0.3, 0.4) is 0 Å². The molecule has 0 radical (unpaired) electrons. The monoisotopic (exact) mass is 267 g/mol. The lowest BCUT2D eigenvalue weighted by molar-refractivity contribution is 0.0578. The Kier molecular flexibility index (Phi) is 5.67. The fraction of sp³-hybridized carbons (Fsp3) is 1.00. The summed E-state index contributed by atoms with van der Waals surface area (Å²) in [6, 6.07) is 2.31. The van der Waals surface area contributed by atoms with Crippen molar-refractivity contribution in [3.05, 3.63) is 0 Å². The van der Waals surface area contributed by atoms with Gasteiger partial charge in [-0.3, -0.25) is 9.80 Å². The number of nitrogens with zero attached hydrogens (tertiary/aromatic N) is 3. The third-order valence-corrected chi connectivity index (χ3v) is 5.15. The molecule has 2 aliphatic rings. The van der Waals surface area contributed by atoms with Crippen molar-refractivity contribution >= 4 is 0 Å². The second kappa shape index (κ2) is 7.05. The van der Waals surface area contributed by atoms with Crippen LogP contribution in [0.15, 0.2) is 0 Å². The summed E-state index contributed by atoms with van der Waals surface area (Å²) in [4.78, 5) is 7.91. The Hall–Kier alpha value is -0.120. The maximum absolute atomic E-state index is 2.74. The third kappa shape index (κ3) is 4.17. The van der Waals surface area contributed by atoms with E-state index in [0.717, 1.165) is 12.1 Å². The summed E-state index contributed by atoms with van der Waals surface area (Å²) < 4.78 is 0. The summed E-state index contributed by atoms with van der Waals surface area (Å²) in [5.74, 6) is 0. The van der Waals surface area contributed by atoms with Crippen LogP contribution >= 0.6 is 0 Å². The molecule has 0 bridgehead atoms. The lowest BCUT2D eigenvalue weighted by Gasteiger charge is -2.42. The van der Waals surface area contributed by atoms with E-state index < -0.39 is 0 Å². The van der Waals surface area contributed by atoms with Gasteiger partial charge >= 0.3 is 0 Å². The van der Waals surface area contributed by atoms with E-state index in [-0.39, 0.29) is 0 Å². The fourth-order valence-electron chi connectivity index (χ4n) is 3.49. The van der Waals surface area contributed by atoms with Crippen molar-refractivity contribution in [2.45, 2.75) is 64.6 Å². The maximum atomic E-state index is 2.74. The zero-order valence-electron chi connectivity index (χ0n) is 13.4. The minimum Gasteiger partial charge on any atom is -0.304 e. The van der Waals surface area contributed by atoms with E-state index in [1.54, 1.807) is 0 Å². The van der Waals surface area contributed by atoms with E-state index in [9.17, 15) is 0 Å². The molecule has 112 valence electrons. The molecule has 3 heteroatoms. The minimum atomic E-state index is 0.681. The molecule has 2 rings (SSSR count). The van der Waals surface area contributed by atoms with E-state index in [0.29, 0.717) is 6.04 Å². The molecule has 2 unspecified atom stereocenters. The summed E-state index contributed by atoms with van der Waals surface area (Å²) in [6.07, 6.45) is 5.55. The first kappa shape index (κ1) is 15.3. The van der Waals surface area contributed by atoms with Crippen molar-refractivity contribution in [3.8, 4) is 0 Å². The summed E-state index contributed by atoms with van der Waals surface area (Å²) in [6.45, 7) is 13.5. The quantitative estimate of drug-likeness (QED) is 0.684. The molecule has 0 saturated carbocycles. The summed E-state index contributed by atoms with van der Waals surface area (Å²) >= 11 is 0. The van der Waals surface area contributed by atoms with Gasteiger partial charge in [0.05, 0.1) is 0 Å². The molecular formula is C16H33N3. The molecule has 0 N–H and O–H groups in total. The van der Waals surface area contributed by atoms with Gasteiger partial charge in [0.2, 0.25) is 0 Å². The average molecular weight is 267 g/mol. The van der Waals surface area contributed by atoms with Gasteiger partial charge in [0.1, 0.15) is 0 Å². The molecule has 2 fully saturated rings. The predicted molar refractivity (Wildman–Crippen MR) is 82.6 cm³/mol. The molecule has 2 aliphatic heterocycles. The molecule has 19 heavy (non-hydrogen) atoms. The van der Waals surface area contributed by atoms with Gasteiger partial charge in [-0.2, -0.15) is 0 Å². The van der Waals surface area contributed by atoms with Gasteiger partial charge in [0.15, 0.2) is 0 Å². The summed E-state index contributed by atoms with van der Waals surface area (Å²) in [5.41, 5.74) is 0. The van der Waals surface area contributed by atoms with Crippen molar-refractivity contribution < 1.29 is 0 Å². The van der Waals surface area contributed by atoms with Crippen LogP contribution in [0.2, 0.25) is 0 Å². The molecule has 0 aromatic rings. The second-order valence-electron chi connectivity index (χ2n) is 6.92. The number of hydrogen-bond donors (Lipinski definition) is 0. The van der Waals surface area contributed by atoms with Crippen molar-refractivity contribution in [2.75, 3.05) is 39.8 Å². The Morgan fingerprint density at radius 1 is 1.21 bits per heavy atom. The fourth-order valence-corrected chi connectivity index (χ4v) is 3.49. The number of piperazine rings is 1. The maximum Gasteiger partial charge on any atom is 0.0224 e. The molecule has 0 amide bonds. The van der Waals surface area contributed by atoms with Gasteiger partial charge in [0, 0.05) is 31.2 Å². The zero-order valence-corrected chi connectivity index (χ0v) is 13.4. The highest BCUT2D eigenvalue weighted by Gasteiger charge is 2.33. The first-order chi connectivity index (χ1) is 9.08. The Morgan fingerprint density at radius 2 is 2.00 bits per heavy atom. The van der Waals surface area contributed by atoms with Crippen LogP contribution in [-0.4, -0.2) is 72.6 Å². The van der Waals surface area contributed by atoms with Crippen molar-refractivity contribution in [3.63, 3.8) is 0 Å². The smallest absolute Gasteiger partial charge is 0.0224 e. The largest absolute Gasteiger partial charge is 0.304 e. The van der Waals surface area contributed by atoms with Gasteiger partial charge in [-0.05, 0) is 73.1 Å². The molecule has 0 spiro atoms. The lowest BCUT2D eigenvalue weighted by Crippen LogP contribution is -2.55. The Morgan fingerprint density at radius 3 is 2.74 bits per heavy atom. The Balaban J connectivity index is 1.65. The third-order valence-electron chi connectivity index (χ3n) is 5.15. The number of rotatable bonds is 6. The van der Waals surface area contributed by atoms with Crippen LogP contribution in [-0.2, 0) is 0 Å². The van der Waals surface area contributed by atoms with Crippen LogP contribution in [0.4, 0.5) is 0 Å². The highest BCUT2D eigenvalue weighted by Crippen LogP contribution is 2.24. The molecule has 2 heterocycles. The van der Waals surface area contributed by atoms with E-state index in [1.165, 1.54) is 58.4 Å². The van der Waals surface area contributed by atoms with Crippen molar-refractivity contribution in [1.29, 1.82) is 0 Å². The summed E-state index contributed by atoms with van der Waals surface area (Å²) in [5, 5.41) is 0. The summed E-state index contributed by atoms with van der Waals surface area (Å²) in [7, 11) is 2.24. The van der Waals surface area contributed by atoms with E-state index in [4.69, 9.17) is 0 Å². The van der Waals surface area contributed by atoms with Crippen LogP contribution in [0.1, 0.15) is 46.5 Å². The normalized spacial score (nSPS) is 29.4. The van der Waals surface area contributed by atoms with E-state index in [2.05, 4.69) is 42.5 Å². The predicted octanol–water partition coefficient (Wildman–Crippen LogP) is 2.28. The van der Waals surface area contributed by atoms with E-state index in [1.807, 2.05) is 0 Å². The zero-order chi connectivity index (χ0) is 13.8. The van der Waals surface area contributed by atoms with Gasteiger partial charge < -0.3 is 4.90 Å². The molecule has 0 aromatic carbocycles. The lowest BCUT2D eigenvalue weighted by atomic mass is 10.1. The molecule has 0 aromatic heterocycles. The highest BCUT2D eigenvalue weighted by atomic mass is 15.3. The van der Waals surface area contributed by atoms with Crippen LogP contribution in [0, 0.1) is 0 Å². The minimum absolute atomic E-state index is 0.681. The first-order valence-electron chi connectivity index (χ1n) is 8.26. The standard InChI is InChI=1S/C16H33N3/c1-14(2)17(4)9-5-6-10-18-13-16-8-7-11-19(16)12-15(18)3/h14-16H,5-13H2,1-4H3. The molecular weight excluding hydrogens is 234 g/mol. The van der Waals surface area contributed by atoms with E-state index >= 15 is 0 Å². The number of fused-ring (bicyclic) bond motifs is 1. The van der Waals surface area contributed by atoms with Gasteiger partial charge in [-0.25, -0.2) is 0 Å². The molecule has 2 atom stereocenters. The Bertz CT molecular complexity index is 267. The number of unbranched alkanes of at least 4 members (excludes halogenated alkanes) is 1. The van der Waals surface area contributed by atoms with Gasteiger partial charge in [0.25, 0.3) is 0 Å². The van der Waals surface area contributed by atoms with Crippen LogP contribution in [0.5, 0.6) is 0 Å². The Labute approximate surface area is 119 Å². The van der Waals surface area contributed by atoms with Crippen LogP contribution in [0.25, 0.3) is 0 Å². The highest BCUT2D eigenvalue weighted by molar-refractivity contribution is 4.90. The first-order valence-corrected chi connectivity index (χ1v) is 8.26. The molecule has 0 aliphatic carbocycles. The van der Waals surface area contributed by atoms with Gasteiger partial charge in [-0.1, -0.05) is 0 Å². The van der Waals surface area contributed by atoms with Crippen molar-refractivity contribution in [1.82, 2.24) is 14.7 Å². The van der Waals surface area contributed by atoms with Gasteiger partial charge in [-0.15, -0.1) is 0 Å². The van der Waals surface area contributed by atoms with Crippen molar-refractivity contribution in [2.24, 2.45) is 0 Å². The molecule has 3 nitrogen and oxygen atoms in total. The molecule has 2 saturated heterocycles. The average Bonchev–Trinajstić information content (AvgIpc) is 2.81. The topological polar surface area (TPSA) is 9.72 Å². The number of hydrogen-bond acceptors (Lipinski definition) is 3.